The zero-order valence-electron chi connectivity index (χ0n) is 14.1. The zero-order chi connectivity index (χ0) is 19.3. The Bertz CT molecular complexity index is 884. The number of ether oxygens (including phenoxy) is 1. The van der Waals surface area contributed by atoms with E-state index in [0.29, 0.717) is 26.4 Å². The average Bonchev–Trinajstić information content (AvgIpc) is 2.58. The Morgan fingerprint density at radius 2 is 2.12 bits per heavy atom. The monoisotopic (exact) mass is 436 g/mol. The summed E-state index contributed by atoms with van der Waals surface area (Å²) in [7, 11) is 3.14. The van der Waals surface area contributed by atoms with E-state index in [9.17, 15) is 9.18 Å². The number of halogens is 3. The van der Waals surface area contributed by atoms with Crippen LogP contribution < -0.4 is 4.74 Å². The molecule has 2 aromatic carbocycles. The molecule has 0 unspecified atom stereocenters. The largest absolute Gasteiger partial charge is 0.486 e. The average molecular weight is 438 g/mol. The van der Waals surface area contributed by atoms with Gasteiger partial charge in [-0.15, -0.1) is 0 Å². The fraction of sp³-hybridized carbons (Fsp3) is 0.158. The van der Waals surface area contributed by atoms with Crippen LogP contribution in [0.4, 0.5) is 4.39 Å². The first-order chi connectivity index (χ1) is 12.3. The minimum Gasteiger partial charge on any atom is -0.486 e. The predicted octanol–water partition coefficient (Wildman–Crippen LogP) is 4.82. The molecule has 0 saturated heterocycles. The van der Waals surface area contributed by atoms with Crippen molar-refractivity contribution in [3.63, 3.8) is 0 Å². The first-order valence-electron chi connectivity index (χ1n) is 7.51. The third kappa shape index (κ3) is 5.07. The molecular weight excluding hydrogens is 423 g/mol. The number of amides is 1. The number of rotatable bonds is 5. The molecular formula is C19H15BrClFN2O2. The number of nitriles is 1. The molecule has 0 saturated carbocycles. The van der Waals surface area contributed by atoms with Crippen LogP contribution in [-0.4, -0.2) is 24.9 Å². The quantitative estimate of drug-likeness (QED) is 0.498. The van der Waals surface area contributed by atoms with Crippen LogP contribution in [0, 0.1) is 17.1 Å². The standard InChI is InChI=1S/C19H15BrClFN2O2/c1-24(2)19(25)14(10-23)6-13-8-16(20)18(17(21)9-13)26-11-12-4-3-5-15(22)7-12/h3-9H,11H2,1-2H3/b14-6-. The molecule has 0 aliphatic rings. The minimum atomic E-state index is -0.397. The lowest BCUT2D eigenvalue weighted by Gasteiger charge is -2.12. The lowest BCUT2D eigenvalue weighted by atomic mass is 10.1. The van der Waals surface area contributed by atoms with E-state index in [1.165, 1.54) is 23.1 Å². The van der Waals surface area contributed by atoms with Gasteiger partial charge in [-0.05, 0) is 57.4 Å². The van der Waals surface area contributed by atoms with Crippen molar-refractivity contribution in [1.29, 1.82) is 5.26 Å². The summed E-state index contributed by atoms with van der Waals surface area (Å²) in [6, 6.07) is 11.2. The van der Waals surface area contributed by atoms with E-state index in [0.717, 1.165) is 0 Å². The molecule has 26 heavy (non-hydrogen) atoms. The van der Waals surface area contributed by atoms with Crippen LogP contribution in [0.1, 0.15) is 11.1 Å². The predicted molar refractivity (Wildman–Crippen MR) is 102 cm³/mol. The van der Waals surface area contributed by atoms with Gasteiger partial charge in [-0.1, -0.05) is 23.7 Å². The Hall–Kier alpha value is -2.36. The SMILES string of the molecule is CN(C)C(=O)/C(C#N)=C\c1cc(Cl)c(OCc2cccc(F)c2)c(Br)c1. The normalized spacial score (nSPS) is 11.0. The van der Waals surface area contributed by atoms with Crippen molar-refractivity contribution in [3.05, 3.63) is 68.4 Å². The maximum atomic E-state index is 13.2. The van der Waals surface area contributed by atoms with Crippen molar-refractivity contribution >= 4 is 39.5 Å². The molecule has 0 radical (unpaired) electrons. The molecule has 0 fully saturated rings. The van der Waals surface area contributed by atoms with Crippen LogP contribution in [0.3, 0.4) is 0 Å². The Kier molecular flexibility index (Phi) is 6.78. The molecule has 7 heteroatoms. The lowest BCUT2D eigenvalue weighted by Crippen LogP contribution is -2.22. The molecule has 0 atom stereocenters. The van der Waals surface area contributed by atoms with Crippen LogP contribution in [0.15, 0.2) is 46.4 Å². The number of nitrogens with zero attached hydrogens (tertiary/aromatic N) is 2. The summed E-state index contributed by atoms with van der Waals surface area (Å²) in [5, 5.41) is 9.47. The highest BCUT2D eigenvalue weighted by Gasteiger charge is 2.14. The van der Waals surface area contributed by atoms with Gasteiger partial charge in [0, 0.05) is 14.1 Å². The topological polar surface area (TPSA) is 53.3 Å². The van der Waals surface area contributed by atoms with Gasteiger partial charge >= 0.3 is 0 Å². The molecule has 1 amide bonds. The van der Waals surface area contributed by atoms with Gasteiger partial charge < -0.3 is 9.64 Å². The van der Waals surface area contributed by atoms with Crippen LogP contribution in [-0.2, 0) is 11.4 Å². The van der Waals surface area contributed by atoms with Gasteiger partial charge in [0.2, 0.25) is 0 Å². The van der Waals surface area contributed by atoms with Gasteiger partial charge in [0.15, 0.2) is 5.75 Å². The van der Waals surface area contributed by atoms with E-state index in [1.807, 2.05) is 6.07 Å². The highest BCUT2D eigenvalue weighted by atomic mass is 79.9. The number of likely N-dealkylation sites (N-methyl/N-ethyl adjacent to an activating group) is 1. The molecule has 0 aliphatic carbocycles. The third-order valence-electron chi connectivity index (χ3n) is 3.36. The van der Waals surface area contributed by atoms with Crippen molar-refractivity contribution in [2.45, 2.75) is 6.61 Å². The van der Waals surface area contributed by atoms with Gasteiger partial charge in [-0.25, -0.2) is 4.39 Å². The number of hydrogen-bond donors (Lipinski definition) is 0. The molecule has 4 nitrogen and oxygen atoms in total. The summed E-state index contributed by atoms with van der Waals surface area (Å²) >= 11 is 9.64. The summed E-state index contributed by atoms with van der Waals surface area (Å²) in [6.07, 6.45) is 1.45. The summed E-state index contributed by atoms with van der Waals surface area (Å²) < 4.78 is 19.5. The first kappa shape index (κ1) is 20.0. The maximum Gasteiger partial charge on any atom is 0.264 e. The molecule has 0 N–H and O–H groups in total. The highest BCUT2D eigenvalue weighted by Crippen LogP contribution is 2.35. The summed E-state index contributed by atoms with van der Waals surface area (Å²) in [6.45, 7) is 0.147. The van der Waals surface area contributed by atoms with E-state index in [2.05, 4.69) is 15.9 Å². The van der Waals surface area contributed by atoms with E-state index in [1.54, 1.807) is 38.4 Å². The van der Waals surface area contributed by atoms with E-state index >= 15 is 0 Å². The molecule has 2 rings (SSSR count). The van der Waals surface area contributed by atoms with Crippen LogP contribution in [0.25, 0.3) is 6.08 Å². The van der Waals surface area contributed by atoms with Crippen molar-refractivity contribution in [2.24, 2.45) is 0 Å². The van der Waals surface area contributed by atoms with Crippen molar-refractivity contribution in [2.75, 3.05) is 14.1 Å². The first-order valence-corrected chi connectivity index (χ1v) is 8.68. The van der Waals surface area contributed by atoms with E-state index in [-0.39, 0.29) is 18.0 Å². The highest BCUT2D eigenvalue weighted by molar-refractivity contribution is 9.10. The second-order valence-corrected chi connectivity index (χ2v) is 6.86. The van der Waals surface area contributed by atoms with Gasteiger partial charge in [0.1, 0.15) is 24.1 Å². The second kappa shape index (κ2) is 8.84. The van der Waals surface area contributed by atoms with Crippen molar-refractivity contribution in [1.82, 2.24) is 4.90 Å². The van der Waals surface area contributed by atoms with Crippen LogP contribution in [0.2, 0.25) is 5.02 Å². The second-order valence-electron chi connectivity index (χ2n) is 5.60. The fourth-order valence-corrected chi connectivity index (χ4v) is 3.12. The Labute approximate surface area is 164 Å². The molecule has 0 aromatic heterocycles. The Morgan fingerprint density at radius 1 is 1.38 bits per heavy atom. The van der Waals surface area contributed by atoms with Crippen LogP contribution >= 0.6 is 27.5 Å². The van der Waals surface area contributed by atoms with Gasteiger partial charge in [-0.3, -0.25) is 4.79 Å². The number of carbonyl (C=O) groups excluding carboxylic acids is 1. The Morgan fingerprint density at radius 3 is 2.69 bits per heavy atom. The zero-order valence-corrected chi connectivity index (χ0v) is 16.4. The summed E-state index contributed by atoms with van der Waals surface area (Å²) in [5.74, 6) is -0.344. The minimum absolute atomic E-state index is 0.00797. The van der Waals surface area contributed by atoms with Gasteiger partial charge in [0.25, 0.3) is 5.91 Å². The lowest BCUT2D eigenvalue weighted by molar-refractivity contribution is -0.124. The maximum absolute atomic E-state index is 13.2. The Balaban J connectivity index is 2.25. The molecule has 134 valence electrons. The number of benzene rings is 2. The third-order valence-corrected chi connectivity index (χ3v) is 4.23. The molecule has 2 aromatic rings. The van der Waals surface area contributed by atoms with E-state index in [4.69, 9.17) is 21.6 Å². The van der Waals surface area contributed by atoms with Crippen molar-refractivity contribution < 1.29 is 13.9 Å². The van der Waals surface area contributed by atoms with Gasteiger partial charge in [-0.2, -0.15) is 5.26 Å². The van der Waals surface area contributed by atoms with E-state index < -0.39 is 5.91 Å². The molecule has 0 spiro atoms. The molecule has 0 aliphatic heterocycles. The van der Waals surface area contributed by atoms with Crippen LogP contribution in [0.5, 0.6) is 5.75 Å². The molecule has 0 heterocycles. The molecule has 0 bridgehead atoms. The number of carbonyl (C=O) groups is 1. The van der Waals surface area contributed by atoms with Crippen molar-refractivity contribution in [3.8, 4) is 11.8 Å². The smallest absolute Gasteiger partial charge is 0.264 e. The fourth-order valence-electron chi connectivity index (χ4n) is 2.13. The summed E-state index contributed by atoms with van der Waals surface area (Å²) in [4.78, 5) is 13.3. The number of hydrogen-bond acceptors (Lipinski definition) is 3. The summed E-state index contributed by atoms with van der Waals surface area (Å²) in [5.41, 5.74) is 1.23. The van der Waals surface area contributed by atoms with Gasteiger partial charge in [0.05, 0.1) is 9.50 Å².